The van der Waals surface area contributed by atoms with Crippen LogP contribution in [0.4, 0.5) is 0 Å². The topological polar surface area (TPSA) is 52.6 Å². The largest absolute Gasteiger partial charge is 0.469 e. The first kappa shape index (κ1) is 11.4. The summed E-state index contributed by atoms with van der Waals surface area (Å²) in [4.78, 5) is 23.7. The third-order valence-electron chi connectivity index (χ3n) is 4.52. The summed E-state index contributed by atoms with van der Waals surface area (Å²) in [5, 5.41) is 0. The van der Waals surface area contributed by atoms with Gasteiger partial charge in [-0.05, 0) is 38.0 Å². The SMILES string of the molecule is COC(=O)[C@H]1C2CCC(C2)[C@@]1(C)C(=O)OC. The molecular formula is C12H18O4. The summed E-state index contributed by atoms with van der Waals surface area (Å²) in [7, 11) is 2.76. The number of carbonyl (C=O) groups excluding carboxylic acids is 2. The van der Waals surface area contributed by atoms with Crippen molar-refractivity contribution in [2.45, 2.75) is 26.2 Å². The van der Waals surface area contributed by atoms with Crippen LogP contribution in [-0.4, -0.2) is 26.2 Å². The summed E-state index contributed by atoms with van der Waals surface area (Å²) < 4.78 is 9.70. The fourth-order valence-electron chi connectivity index (χ4n) is 3.69. The minimum absolute atomic E-state index is 0.264. The van der Waals surface area contributed by atoms with Gasteiger partial charge in [0.15, 0.2) is 0 Å². The van der Waals surface area contributed by atoms with E-state index in [-0.39, 0.29) is 23.8 Å². The maximum absolute atomic E-state index is 11.9. The highest BCUT2D eigenvalue weighted by Crippen LogP contribution is 2.60. The number of rotatable bonds is 2. The highest BCUT2D eigenvalue weighted by atomic mass is 16.5. The van der Waals surface area contributed by atoms with Crippen LogP contribution in [-0.2, 0) is 19.1 Å². The van der Waals surface area contributed by atoms with Crippen molar-refractivity contribution in [2.75, 3.05) is 14.2 Å². The van der Waals surface area contributed by atoms with Crippen molar-refractivity contribution in [1.82, 2.24) is 0 Å². The first-order valence-electron chi connectivity index (χ1n) is 5.72. The first-order chi connectivity index (χ1) is 7.55. The van der Waals surface area contributed by atoms with Crippen LogP contribution >= 0.6 is 0 Å². The molecule has 2 aliphatic rings. The molecule has 4 atom stereocenters. The third kappa shape index (κ3) is 1.28. The molecule has 2 aliphatic carbocycles. The minimum Gasteiger partial charge on any atom is -0.469 e. The number of methoxy groups -OCH3 is 2. The van der Waals surface area contributed by atoms with E-state index in [1.54, 1.807) is 0 Å². The van der Waals surface area contributed by atoms with E-state index in [0.29, 0.717) is 5.92 Å². The van der Waals surface area contributed by atoms with Crippen LogP contribution in [0, 0.1) is 23.2 Å². The third-order valence-corrected chi connectivity index (χ3v) is 4.52. The Balaban J connectivity index is 2.34. The summed E-state index contributed by atoms with van der Waals surface area (Å²) in [6.07, 6.45) is 2.99. The Kier molecular flexibility index (Phi) is 2.68. The van der Waals surface area contributed by atoms with Gasteiger partial charge < -0.3 is 9.47 Å². The van der Waals surface area contributed by atoms with Crippen molar-refractivity contribution < 1.29 is 19.1 Å². The summed E-state index contributed by atoms with van der Waals surface area (Å²) in [6.45, 7) is 1.85. The number of fused-ring (bicyclic) bond motifs is 2. The van der Waals surface area contributed by atoms with Gasteiger partial charge in [-0.15, -0.1) is 0 Å². The molecule has 16 heavy (non-hydrogen) atoms. The maximum Gasteiger partial charge on any atom is 0.312 e. The molecule has 0 radical (unpaired) electrons. The van der Waals surface area contributed by atoms with Gasteiger partial charge in [-0.2, -0.15) is 0 Å². The van der Waals surface area contributed by atoms with E-state index in [1.807, 2.05) is 6.92 Å². The van der Waals surface area contributed by atoms with E-state index in [0.717, 1.165) is 19.3 Å². The molecule has 0 aromatic carbocycles. The predicted octanol–water partition coefficient (Wildman–Crippen LogP) is 1.38. The standard InChI is InChI=1S/C12H18O4/c1-12(11(14)16-3)8-5-4-7(6-8)9(12)10(13)15-2/h7-9H,4-6H2,1-3H3/t7?,8?,9-,12-/m1/s1. The molecule has 2 saturated carbocycles. The second kappa shape index (κ2) is 3.75. The zero-order valence-electron chi connectivity index (χ0n) is 9.99. The monoisotopic (exact) mass is 226 g/mol. The molecule has 2 rings (SSSR count). The Hall–Kier alpha value is -1.06. The highest BCUT2D eigenvalue weighted by molar-refractivity contribution is 5.86. The van der Waals surface area contributed by atoms with Crippen molar-refractivity contribution in [3.63, 3.8) is 0 Å². The smallest absolute Gasteiger partial charge is 0.312 e. The average molecular weight is 226 g/mol. The normalized spacial score (nSPS) is 40.8. The first-order valence-corrected chi connectivity index (χ1v) is 5.72. The van der Waals surface area contributed by atoms with E-state index in [1.165, 1.54) is 14.2 Å². The molecule has 2 bridgehead atoms. The Morgan fingerprint density at radius 3 is 2.44 bits per heavy atom. The van der Waals surface area contributed by atoms with Gasteiger partial charge in [-0.1, -0.05) is 0 Å². The van der Waals surface area contributed by atoms with Crippen LogP contribution in [0.5, 0.6) is 0 Å². The Bertz CT molecular complexity index is 325. The van der Waals surface area contributed by atoms with Gasteiger partial charge in [0.2, 0.25) is 0 Å². The number of hydrogen-bond donors (Lipinski definition) is 0. The van der Waals surface area contributed by atoms with Crippen LogP contribution in [0.15, 0.2) is 0 Å². The van der Waals surface area contributed by atoms with Gasteiger partial charge in [0, 0.05) is 0 Å². The van der Waals surface area contributed by atoms with E-state index in [9.17, 15) is 9.59 Å². The Labute approximate surface area is 95.3 Å². The molecule has 0 saturated heterocycles. The minimum atomic E-state index is -0.676. The Morgan fingerprint density at radius 2 is 1.88 bits per heavy atom. The maximum atomic E-state index is 11.9. The molecule has 0 aliphatic heterocycles. The van der Waals surface area contributed by atoms with Crippen molar-refractivity contribution in [1.29, 1.82) is 0 Å². The molecule has 4 nitrogen and oxygen atoms in total. The highest BCUT2D eigenvalue weighted by Gasteiger charge is 2.63. The van der Waals surface area contributed by atoms with Gasteiger partial charge in [0.25, 0.3) is 0 Å². The molecule has 0 spiro atoms. The molecule has 2 fully saturated rings. The van der Waals surface area contributed by atoms with Crippen molar-refractivity contribution in [3.05, 3.63) is 0 Å². The van der Waals surface area contributed by atoms with Crippen LogP contribution in [0.3, 0.4) is 0 Å². The molecule has 0 aromatic heterocycles. The lowest BCUT2D eigenvalue weighted by Gasteiger charge is -2.36. The lowest BCUT2D eigenvalue weighted by atomic mass is 9.67. The van der Waals surface area contributed by atoms with E-state index < -0.39 is 5.41 Å². The number of ether oxygens (including phenoxy) is 2. The summed E-state index contributed by atoms with van der Waals surface area (Å²) in [5.74, 6) is -0.283. The summed E-state index contributed by atoms with van der Waals surface area (Å²) in [5.41, 5.74) is -0.676. The van der Waals surface area contributed by atoms with E-state index >= 15 is 0 Å². The summed E-state index contributed by atoms with van der Waals surface area (Å²) >= 11 is 0. The molecule has 0 N–H and O–H groups in total. The van der Waals surface area contributed by atoms with Gasteiger partial charge in [-0.3, -0.25) is 9.59 Å². The van der Waals surface area contributed by atoms with E-state index in [2.05, 4.69) is 0 Å². The fraction of sp³-hybridized carbons (Fsp3) is 0.833. The zero-order chi connectivity index (χ0) is 11.9. The molecule has 4 heteroatoms. The zero-order valence-corrected chi connectivity index (χ0v) is 9.99. The molecule has 2 unspecified atom stereocenters. The van der Waals surface area contributed by atoms with Crippen molar-refractivity contribution >= 4 is 11.9 Å². The summed E-state index contributed by atoms with van der Waals surface area (Å²) in [6, 6.07) is 0. The van der Waals surface area contributed by atoms with Crippen molar-refractivity contribution in [3.8, 4) is 0 Å². The van der Waals surface area contributed by atoms with Crippen LogP contribution in [0.2, 0.25) is 0 Å². The lowest BCUT2D eigenvalue weighted by molar-refractivity contribution is -0.169. The lowest BCUT2D eigenvalue weighted by Crippen LogP contribution is -2.45. The average Bonchev–Trinajstić information content (AvgIpc) is 2.86. The molecule has 0 aromatic rings. The second-order valence-electron chi connectivity index (χ2n) is 5.05. The van der Waals surface area contributed by atoms with E-state index in [4.69, 9.17) is 9.47 Å². The van der Waals surface area contributed by atoms with Crippen LogP contribution in [0.25, 0.3) is 0 Å². The molecular weight excluding hydrogens is 208 g/mol. The molecule has 90 valence electrons. The van der Waals surface area contributed by atoms with Gasteiger partial charge in [0.05, 0.1) is 25.6 Å². The van der Waals surface area contributed by atoms with Gasteiger partial charge in [0.1, 0.15) is 0 Å². The van der Waals surface area contributed by atoms with Crippen molar-refractivity contribution in [2.24, 2.45) is 23.2 Å². The van der Waals surface area contributed by atoms with Crippen LogP contribution < -0.4 is 0 Å². The Morgan fingerprint density at radius 1 is 1.19 bits per heavy atom. The van der Waals surface area contributed by atoms with Gasteiger partial charge >= 0.3 is 11.9 Å². The fourth-order valence-corrected chi connectivity index (χ4v) is 3.69. The number of hydrogen-bond acceptors (Lipinski definition) is 4. The predicted molar refractivity (Wildman–Crippen MR) is 56.5 cm³/mol. The van der Waals surface area contributed by atoms with Gasteiger partial charge in [-0.25, -0.2) is 0 Å². The molecule has 0 heterocycles. The van der Waals surface area contributed by atoms with Crippen LogP contribution in [0.1, 0.15) is 26.2 Å². The number of carbonyl (C=O) groups is 2. The molecule has 0 amide bonds. The quantitative estimate of drug-likeness (QED) is 0.667. The second-order valence-corrected chi connectivity index (χ2v) is 5.05. The number of esters is 2.